The summed E-state index contributed by atoms with van der Waals surface area (Å²) in [5.41, 5.74) is 0.976. The van der Waals surface area contributed by atoms with Crippen LogP contribution in [0.4, 0.5) is 8.78 Å². The van der Waals surface area contributed by atoms with E-state index >= 15 is 0 Å². The number of hydrogen-bond acceptors (Lipinski definition) is 3. The maximum atomic E-state index is 12.8. The third-order valence-electron chi connectivity index (χ3n) is 3.08. The third-order valence-corrected chi connectivity index (χ3v) is 3.08. The quantitative estimate of drug-likeness (QED) is 0.604. The summed E-state index contributed by atoms with van der Waals surface area (Å²) in [7, 11) is 0. The van der Waals surface area contributed by atoms with Crippen LogP contribution >= 0.6 is 0 Å². The minimum atomic E-state index is -2.61. The first-order valence-corrected chi connectivity index (χ1v) is 7.42. The number of imidazole rings is 1. The van der Waals surface area contributed by atoms with E-state index in [0.717, 1.165) is 16.7 Å². The number of halogens is 2. The van der Waals surface area contributed by atoms with Crippen molar-refractivity contribution in [1.29, 1.82) is 0 Å². The summed E-state index contributed by atoms with van der Waals surface area (Å²) in [5, 5.41) is 6.23. The molecule has 0 atom stereocenters. The van der Waals surface area contributed by atoms with Crippen LogP contribution in [0.15, 0.2) is 41.8 Å². The molecule has 0 fully saturated rings. The van der Waals surface area contributed by atoms with Crippen LogP contribution in [0.1, 0.15) is 25.0 Å². The summed E-state index contributed by atoms with van der Waals surface area (Å²) < 4.78 is 26.3. The summed E-state index contributed by atoms with van der Waals surface area (Å²) >= 11 is 0. The molecule has 0 aromatic carbocycles. The monoisotopic (exact) mass is 322 g/mol. The Bertz CT molecular complexity index is 611. The second-order valence-corrected chi connectivity index (χ2v) is 4.72. The number of nitrogens with zero attached hydrogens (tertiary/aromatic N) is 4. The summed E-state index contributed by atoms with van der Waals surface area (Å²) in [6.07, 6.45) is 5.09. The fourth-order valence-corrected chi connectivity index (χ4v) is 1.99. The fourth-order valence-electron chi connectivity index (χ4n) is 1.99. The van der Waals surface area contributed by atoms with Crippen molar-refractivity contribution >= 4 is 5.96 Å². The van der Waals surface area contributed by atoms with E-state index in [0.29, 0.717) is 19.0 Å². The molecule has 0 bridgehead atoms. The first-order valence-electron chi connectivity index (χ1n) is 7.42. The lowest BCUT2D eigenvalue weighted by atomic mass is 10.3. The van der Waals surface area contributed by atoms with Gasteiger partial charge in [-0.25, -0.2) is 9.98 Å². The van der Waals surface area contributed by atoms with Crippen LogP contribution in [-0.2, 0) is 13.0 Å². The van der Waals surface area contributed by atoms with E-state index in [1.165, 1.54) is 12.4 Å². The van der Waals surface area contributed by atoms with Crippen LogP contribution in [0.2, 0.25) is 0 Å². The number of hydrogen-bond donors (Lipinski definition) is 2. The zero-order valence-electron chi connectivity index (χ0n) is 12.9. The predicted molar refractivity (Wildman–Crippen MR) is 84.2 cm³/mol. The average Bonchev–Trinajstić information content (AvgIpc) is 3.02. The van der Waals surface area contributed by atoms with Gasteiger partial charge in [0.05, 0.1) is 0 Å². The number of alkyl halides is 2. The first kappa shape index (κ1) is 16.9. The molecule has 0 aliphatic rings. The molecule has 0 spiro atoms. The van der Waals surface area contributed by atoms with Crippen molar-refractivity contribution in [1.82, 2.24) is 25.2 Å². The zero-order chi connectivity index (χ0) is 16.5. The average molecular weight is 322 g/mol. The topological polar surface area (TPSA) is 67.1 Å². The molecular weight excluding hydrogens is 302 g/mol. The SMILES string of the molecule is CCNC(=NCc1nccn1C(F)F)NCCc1ccccn1. The van der Waals surface area contributed by atoms with Crippen LogP contribution in [0.25, 0.3) is 0 Å². The second-order valence-electron chi connectivity index (χ2n) is 4.72. The third kappa shape index (κ3) is 5.32. The molecule has 0 radical (unpaired) electrons. The van der Waals surface area contributed by atoms with Gasteiger partial charge in [0.1, 0.15) is 12.4 Å². The Hall–Kier alpha value is -2.51. The Kier molecular flexibility index (Phi) is 6.46. The lowest BCUT2D eigenvalue weighted by molar-refractivity contribution is 0.0671. The summed E-state index contributed by atoms with van der Waals surface area (Å²) in [6, 6.07) is 5.75. The van der Waals surface area contributed by atoms with Gasteiger partial charge in [-0.2, -0.15) is 8.78 Å². The molecule has 0 aliphatic heterocycles. The van der Waals surface area contributed by atoms with E-state index in [4.69, 9.17) is 0 Å². The van der Waals surface area contributed by atoms with E-state index in [-0.39, 0.29) is 12.4 Å². The van der Waals surface area contributed by atoms with Gasteiger partial charge in [0.2, 0.25) is 0 Å². The van der Waals surface area contributed by atoms with Crippen molar-refractivity contribution < 1.29 is 8.78 Å². The molecule has 2 aromatic heterocycles. The van der Waals surface area contributed by atoms with Crippen molar-refractivity contribution in [3.8, 4) is 0 Å². The van der Waals surface area contributed by atoms with E-state index in [9.17, 15) is 8.78 Å². The molecule has 0 unspecified atom stereocenters. The molecule has 124 valence electrons. The van der Waals surface area contributed by atoms with Gasteiger partial charge in [0.15, 0.2) is 5.96 Å². The minimum absolute atomic E-state index is 0.0796. The molecule has 2 rings (SSSR count). The van der Waals surface area contributed by atoms with Gasteiger partial charge in [0.25, 0.3) is 0 Å². The molecule has 2 aromatic rings. The molecule has 0 saturated carbocycles. The van der Waals surface area contributed by atoms with Crippen LogP contribution < -0.4 is 10.6 Å². The minimum Gasteiger partial charge on any atom is -0.357 e. The predicted octanol–water partition coefficient (Wildman–Crippen LogP) is 1.97. The Morgan fingerprint density at radius 2 is 2.13 bits per heavy atom. The van der Waals surface area contributed by atoms with Gasteiger partial charge < -0.3 is 10.6 Å². The van der Waals surface area contributed by atoms with Gasteiger partial charge in [-0.1, -0.05) is 6.07 Å². The Morgan fingerprint density at radius 3 is 2.83 bits per heavy atom. The van der Waals surface area contributed by atoms with Crippen molar-refractivity contribution in [3.05, 3.63) is 48.3 Å². The molecule has 0 aliphatic carbocycles. The first-order chi connectivity index (χ1) is 11.2. The molecule has 2 N–H and O–H groups in total. The number of guanidine groups is 1. The summed E-state index contributed by atoms with van der Waals surface area (Å²) in [5.74, 6) is 0.786. The van der Waals surface area contributed by atoms with E-state index in [2.05, 4.69) is 25.6 Å². The highest BCUT2D eigenvalue weighted by Crippen LogP contribution is 2.12. The summed E-state index contributed by atoms with van der Waals surface area (Å²) in [4.78, 5) is 12.4. The normalized spacial score (nSPS) is 11.7. The molecule has 8 heteroatoms. The second kappa shape index (κ2) is 8.82. The number of aliphatic imine (C=N–C) groups is 1. The van der Waals surface area contributed by atoms with E-state index < -0.39 is 6.55 Å². The Morgan fingerprint density at radius 1 is 1.26 bits per heavy atom. The van der Waals surface area contributed by atoms with Crippen LogP contribution in [0, 0.1) is 0 Å². The Balaban J connectivity index is 1.90. The molecule has 0 amide bonds. The van der Waals surface area contributed by atoms with Crippen LogP contribution in [0.5, 0.6) is 0 Å². The van der Waals surface area contributed by atoms with Crippen LogP contribution in [-0.4, -0.2) is 33.6 Å². The fraction of sp³-hybridized carbons (Fsp3) is 0.400. The number of rotatable bonds is 7. The van der Waals surface area contributed by atoms with Gasteiger partial charge in [0, 0.05) is 43.8 Å². The molecular formula is C15H20F2N6. The maximum Gasteiger partial charge on any atom is 0.319 e. The maximum absolute atomic E-state index is 12.8. The van der Waals surface area contributed by atoms with Crippen molar-refractivity contribution in [2.45, 2.75) is 26.4 Å². The van der Waals surface area contributed by atoms with E-state index in [1.807, 2.05) is 25.1 Å². The molecule has 0 saturated heterocycles. The van der Waals surface area contributed by atoms with Crippen molar-refractivity contribution in [3.63, 3.8) is 0 Å². The standard InChI is InChI=1S/C15H20F2N6/c1-2-18-15(21-8-6-12-5-3-4-7-19-12)22-11-13-20-9-10-23(13)14(16)17/h3-5,7,9-10,14H,2,6,8,11H2,1H3,(H2,18,21,22). The van der Waals surface area contributed by atoms with Gasteiger partial charge in [-0.3, -0.25) is 9.55 Å². The van der Waals surface area contributed by atoms with Crippen molar-refractivity contribution in [2.75, 3.05) is 13.1 Å². The highest BCUT2D eigenvalue weighted by molar-refractivity contribution is 5.79. The number of aromatic nitrogens is 3. The molecule has 6 nitrogen and oxygen atoms in total. The van der Waals surface area contributed by atoms with Crippen molar-refractivity contribution in [2.24, 2.45) is 4.99 Å². The zero-order valence-corrected chi connectivity index (χ0v) is 12.9. The molecule has 2 heterocycles. The number of nitrogens with one attached hydrogen (secondary N) is 2. The van der Waals surface area contributed by atoms with Gasteiger partial charge in [-0.05, 0) is 19.1 Å². The van der Waals surface area contributed by atoms with Gasteiger partial charge in [-0.15, -0.1) is 0 Å². The highest BCUT2D eigenvalue weighted by atomic mass is 19.3. The van der Waals surface area contributed by atoms with Crippen LogP contribution in [0.3, 0.4) is 0 Å². The largest absolute Gasteiger partial charge is 0.357 e. The summed E-state index contributed by atoms with van der Waals surface area (Å²) in [6.45, 7) is 0.736. The lowest BCUT2D eigenvalue weighted by Gasteiger charge is -2.11. The number of pyridine rings is 1. The Labute approximate surface area is 133 Å². The lowest BCUT2D eigenvalue weighted by Crippen LogP contribution is -2.38. The highest BCUT2D eigenvalue weighted by Gasteiger charge is 2.10. The molecule has 23 heavy (non-hydrogen) atoms. The smallest absolute Gasteiger partial charge is 0.319 e. The van der Waals surface area contributed by atoms with Gasteiger partial charge >= 0.3 is 6.55 Å². The van der Waals surface area contributed by atoms with E-state index in [1.54, 1.807) is 6.20 Å².